The van der Waals surface area contributed by atoms with Crippen molar-refractivity contribution in [1.82, 2.24) is 5.32 Å². The first kappa shape index (κ1) is 12.5. The number of rotatable bonds is 5. The Morgan fingerprint density at radius 3 is 2.79 bits per heavy atom. The lowest BCUT2D eigenvalue weighted by Crippen LogP contribution is -2.15. The highest BCUT2D eigenvalue weighted by Crippen LogP contribution is 2.34. The molecule has 3 heteroatoms. The summed E-state index contributed by atoms with van der Waals surface area (Å²) in [6, 6.07) is 4.99. The van der Waals surface area contributed by atoms with Gasteiger partial charge in [-0.15, -0.1) is 0 Å². The lowest BCUT2D eigenvalue weighted by Gasteiger charge is -2.03. The van der Waals surface area contributed by atoms with Crippen molar-refractivity contribution in [2.24, 2.45) is 0 Å². The number of furan rings is 1. The predicted molar refractivity (Wildman–Crippen MR) is 76.7 cm³/mol. The van der Waals surface area contributed by atoms with Crippen molar-refractivity contribution >= 4 is 11.0 Å². The molecule has 3 rings (SSSR count). The van der Waals surface area contributed by atoms with Gasteiger partial charge in [0.25, 0.3) is 0 Å². The minimum Gasteiger partial charge on any atom is -0.493 e. The lowest BCUT2D eigenvalue weighted by atomic mass is 10.1. The van der Waals surface area contributed by atoms with Crippen LogP contribution in [0.25, 0.3) is 11.0 Å². The number of aryl methyl sites for hydroxylation is 2. The Morgan fingerprint density at radius 1 is 1.37 bits per heavy atom. The number of nitrogens with one attached hydrogen (secondary N) is 1. The molecule has 0 spiro atoms. The summed E-state index contributed by atoms with van der Waals surface area (Å²) in [7, 11) is 1.70. The Morgan fingerprint density at radius 2 is 2.16 bits per heavy atom. The molecule has 102 valence electrons. The third kappa shape index (κ3) is 2.35. The van der Waals surface area contributed by atoms with E-state index >= 15 is 0 Å². The van der Waals surface area contributed by atoms with Crippen molar-refractivity contribution in [2.75, 3.05) is 7.11 Å². The topological polar surface area (TPSA) is 34.4 Å². The van der Waals surface area contributed by atoms with Gasteiger partial charge in [0.2, 0.25) is 0 Å². The van der Waals surface area contributed by atoms with E-state index in [0.29, 0.717) is 6.04 Å². The lowest BCUT2D eigenvalue weighted by molar-refractivity contribution is 0.405. The Bertz CT molecular complexity index is 596. The van der Waals surface area contributed by atoms with Gasteiger partial charge in [0.15, 0.2) is 11.3 Å². The van der Waals surface area contributed by atoms with Crippen molar-refractivity contribution < 1.29 is 9.15 Å². The molecule has 19 heavy (non-hydrogen) atoms. The molecule has 0 atom stereocenters. The van der Waals surface area contributed by atoms with Crippen LogP contribution in [0, 0.1) is 6.92 Å². The Kier molecular flexibility index (Phi) is 3.23. The summed E-state index contributed by atoms with van der Waals surface area (Å²) >= 11 is 0. The van der Waals surface area contributed by atoms with Crippen LogP contribution in [0.2, 0.25) is 0 Å². The van der Waals surface area contributed by atoms with Crippen LogP contribution in [-0.4, -0.2) is 13.2 Å². The molecule has 2 aromatic rings. The third-order valence-electron chi connectivity index (χ3n) is 3.92. The zero-order valence-electron chi connectivity index (χ0n) is 11.9. The van der Waals surface area contributed by atoms with Gasteiger partial charge in [0.05, 0.1) is 13.7 Å². The van der Waals surface area contributed by atoms with Gasteiger partial charge in [0.1, 0.15) is 5.76 Å². The van der Waals surface area contributed by atoms with E-state index < -0.39 is 0 Å². The Balaban J connectivity index is 2.02. The van der Waals surface area contributed by atoms with Gasteiger partial charge in [-0.1, -0.05) is 6.92 Å². The predicted octanol–water partition coefficient (Wildman–Crippen LogP) is 3.56. The van der Waals surface area contributed by atoms with E-state index in [1.54, 1.807) is 7.11 Å². The van der Waals surface area contributed by atoms with Crippen molar-refractivity contribution in [3.05, 3.63) is 29.0 Å². The Labute approximate surface area is 113 Å². The highest BCUT2D eigenvalue weighted by atomic mass is 16.5. The number of ether oxygens (including phenoxy) is 1. The minimum absolute atomic E-state index is 0.695. The number of hydrogen-bond donors (Lipinski definition) is 1. The highest BCUT2D eigenvalue weighted by molar-refractivity contribution is 5.88. The van der Waals surface area contributed by atoms with Crippen LogP contribution in [0.3, 0.4) is 0 Å². The molecule has 1 aromatic heterocycles. The second kappa shape index (κ2) is 4.89. The third-order valence-corrected chi connectivity index (χ3v) is 3.92. The Hall–Kier alpha value is -1.48. The summed E-state index contributed by atoms with van der Waals surface area (Å²) in [5, 5.41) is 4.69. The first-order valence-corrected chi connectivity index (χ1v) is 7.05. The first-order chi connectivity index (χ1) is 9.22. The fraction of sp³-hybridized carbons (Fsp3) is 0.500. The number of methoxy groups -OCH3 is 1. The summed E-state index contributed by atoms with van der Waals surface area (Å²) in [6.45, 7) is 5.11. The SMILES string of the molecule is CCc1cc(OC)c2oc(CNC3CC3)c(C)c2c1. The average molecular weight is 259 g/mol. The van der Waals surface area contributed by atoms with Gasteiger partial charge >= 0.3 is 0 Å². The second-order valence-electron chi connectivity index (χ2n) is 5.33. The van der Waals surface area contributed by atoms with Crippen molar-refractivity contribution in [3.8, 4) is 5.75 Å². The molecule has 0 bridgehead atoms. The van der Waals surface area contributed by atoms with E-state index in [9.17, 15) is 0 Å². The fourth-order valence-electron chi connectivity index (χ4n) is 2.44. The molecule has 0 amide bonds. The van der Waals surface area contributed by atoms with Crippen molar-refractivity contribution in [3.63, 3.8) is 0 Å². The molecule has 1 aliphatic carbocycles. The molecule has 1 aliphatic rings. The van der Waals surface area contributed by atoms with Crippen LogP contribution in [0.15, 0.2) is 16.5 Å². The van der Waals surface area contributed by atoms with Crippen molar-refractivity contribution in [2.45, 2.75) is 45.7 Å². The molecule has 1 saturated carbocycles. The zero-order valence-corrected chi connectivity index (χ0v) is 11.9. The summed E-state index contributed by atoms with van der Waals surface area (Å²) in [5.74, 6) is 1.88. The maximum Gasteiger partial charge on any atom is 0.176 e. The standard InChI is InChI=1S/C16H21NO2/c1-4-11-7-13-10(2)15(9-17-12-5-6-12)19-16(13)14(8-11)18-3/h7-8,12,17H,4-6,9H2,1-3H3. The molecule has 0 radical (unpaired) electrons. The zero-order chi connectivity index (χ0) is 13.4. The molecule has 1 fully saturated rings. The van der Waals surface area contributed by atoms with E-state index in [0.717, 1.165) is 30.1 Å². The quantitative estimate of drug-likeness (QED) is 0.891. The molecular weight excluding hydrogens is 238 g/mol. The van der Waals surface area contributed by atoms with Gasteiger partial charge in [-0.3, -0.25) is 0 Å². The van der Waals surface area contributed by atoms with Crippen LogP contribution >= 0.6 is 0 Å². The summed E-state index contributed by atoms with van der Waals surface area (Å²) < 4.78 is 11.5. The maximum atomic E-state index is 6.01. The molecular formula is C16H21NO2. The van der Waals surface area contributed by atoms with Crippen LogP contribution < -0.4 is 10.1 Å². The number of fused-ring (bicyclic) bond motifs is 1. The number of benzene rings is 1. The molecule has 0 unspecified atom stereocenters. The van der Waals surface area contributed by atoms with Gasteiger partial charge < -0.3 is 14.5 Å². The normalized spacial score (nSPS) is 15.1. The van der Waals surface area contributed by atoms with E-state index in [1.807, 2.05) is 0 Å². The van der Waals surface area contributed by atoms with Crippen molar-refractivity contribution in [1.29, 1.82) is 0 Å². The number of hydrogen-bond acceptors (Lipinski definition) is 3. The molecule has 1 N–H and O–H groups in total. The minimum atomic E-state index is 0.695. The molecule has 1 heterocycles. The molecule has 3 nitrogen and oxygen atoms in total. The van der Waals surface area contributed by atoms with E-state index in [4.69, 9.17) is 9.15 Å². The first-order valence-electron chi connectivity index (χ1n) is 7.05. The summed E-state index contributed by atoms with van der Waals surface area (Å²) in [5.41, 5.74) is 3.40. The van der Waals surface area contributed by atoms with Gasteiger partial charge in [-0.05, 0) is 49.4 Å². The van der Waals surface area contributed by atoms with Gasteiger partial charge in [0, 0.05) is 11.4 Å². The van der Waals surface area contributed by atoms with E-state index in [-0.39, 0.29) is 0 Å². The molecule has 1 aromatic carbocycles. The van der Waals surface area contributed by atoms with E-state index in [1.165, 1.54) is 29.4 Å². The molecule has 0 saturated heterocycles. The maximum absolute atomic E-state index is 6.01. The fourth-order valence-corrected chi connectivity index (χ4v) is 2.44. The summed E-state index contributed by atoms with van der Waals surface area (Å²) in [6.07, 6.45) is 3.59. The molecule has 0 aliphatic heterocycles. The monoisotopic (exact) mass is 259 g/mol. The summed E-state index contributed by atoms with van der Waals surface area (Å²) in [4.78, 5) is 0. The van der Waals surface area contributed by atoms with Crippen LogP contribution in [0.5, 0.6) is 5.75 Å². The van der Waals surface area contributed by atoms with E-state index in [2.05, 4.69) is 31.3 Å². The van der Waals surface area contributed by atoms with Crippen LogP contribution in [0.1, 0.15) is 36.7 Å². The average Bonchev–Trinajstić information content (AvgIpc) is 3.21. The largest absolute Gasteiger partial charge is 0.493 e. The van der Waals surface area contributed by atoms with Gasteiger partial charge in [-0.25, -0.2) is 0 Å². The highest BCUT2D eigenvalue weighted by Gasteiger charge is 2.22. The smallest absolute Gasteiger partial charge is 0.176 e. The second-order valence-corrected chi connectivity index (χ2v) is 5.33. The van der Waals surface area contributed by atoms with Crippen LogP contribution in [-0.2, 0) is 13.0 Å². The van der Waals surface area contributed by atoms with Gasteiger partial charge in [-0.2, -0.15) is 0 Å². The van der Waals surface area contributed by atoms with Crippen LogP contribution in [0.4, 0.5) is 0 Å².